The summed E-state index contributed by atoms with van der Waals surface area (Å²) in [6.07, 6.45) is 0. The fraction of sp³-hybridized carbons (Fsp3) is 0. The largest absolute Gasteiger partial charge is 0.439 e. The summed E-state index contributed by atoms with van der Waals surface area (Å²) in [5, 5.41) is 12.0. The Morgan fingerprint density at radius 2 is 2.06 bits per heavy atom. The first kappa shape index (κ1) is 12.2. The number of oxime groups is 1. The van der Waals surface area contributed by atoms with Crippen molar-refractivity contribution in [2.75, 3.05) is 0 Å². The van der Waals surface area contributed by atoms with Crippen molar-refractivity contribution < 1.29 is 9.94 Å². The van der Waals surface area contributed by atoms with E-state index in [9.17, 15) is 0 Å². The first-order valence-electron chi connectivity index (χ1n) is 5.07. The smallest absolute Gasteiger partial charge is 0.219 e. The van der Waals surface area contributed by atoms with Gasteiger partial charge in [0, 0.05) is 11.1 Å². The number of pyridine rings is 1. The van der Waals surface area contributed by atoms with Crippen molar-refractivity contribution >= 4 is 17.4 Å². The molecule has 18 heavy (non-hydrogen) atoms. The monoisotopic (exact) mass is 263 g/mol. The zero-order valence-corrected chi connectivity index (χ0v) is 10.0. The van der Waals surface area contributed by atoms with Gasteiger partial charge in [0.2, 0.25) is 5.88 Å². The zero-order chi connectivity index (χ0) is 13.0. The standard InChI is InChI=1S/C12H10ClN3O2/c13-8-3-1-4-9(7-8)18-11-6-2-5-10(15-11)12(14)16-17/h1-7,17H,(H2,14,16). The van der Waals surface area contributed by atoms with Gasteiger partial charge in [0.05, 0.1) is 0 Å². The number of hydrogen-bond donors (Lipinski definition) is 2. The minimum atomic E-state index is -0.0773. The van der Waals surface area contributed by atoms with E-state index in [1.807, 2.05) is 0 Å². The van der Waals surface area contributed by atoms with Crippen LogP contribution < -0.4 is 10.5 Å². The minimum absolute atomic E-state index is 0.0773. The van der Waals surface area contributed by atoms with Gasteiger partial charge in [0.25, 0.3) is 0 Å². The highest BCUT2D eigenvalue weighted by atomic mass is 35.5. The van der Waals surface area contributed by atoms with Crippen LogP contribution in [0.15, 0.2) is 47.6 Å². The molecule has 0 spiro atoms. The average molecular weight is 264 g/mol. The number of rotatable bonds is 3. The SMILES string of the molecule is NC(=NO)c1cccc(Oc2cccc(Cl)c2)n1. The Balaban J connectivity index is 2.24. The lowest BCUT2D eigenvalue weighted by Gasteiger charge is -2.06. The highest BCUT2D eigenvalue weighted by Gasteiger charge is 2.04. The molecule has 0 saturated carbocycles. The van der Waals surface area contributed by atoms with Crippen molar-refractivity contribution in [3.8, 4) is 11.6 Å². The summed E-state index contributed by atoms with van der Waals surface area (Å²) >= 11 is 5.84. The summed E-state index contributed by atoms with van der Waals surface area (Å²) < 4.78 is 5.51. The average Bonchev–Trinajstić information content (AvgIpc) is 2.38. The molecule has 2 rings (SSSR count). The maximum Gasteiger partial charge on any atom is 0.219 e. The van der Waals surface area contributed by atoms with Crippen LogP contribution in [-0.2, 0) is 0 Å². The van der Waals surface area contributed by atoms with Crippen LogP contribution in [0.1, 0.15) is 5.69 Å². The lowest BCUT2D eigenvalue weighted by Crippen LogP contribution is -2.14. The molecule has 92 valence electrons. The molecular formula is C12H10ClN3O2. The van der Waals surface area contributed by atoms with Crippen molar-refractivity contribution in [2.45, 2.75) is 0 Å². The molecule has 0 atom stereocenters. The first-order valence-corrected chi connectivity index (χ1v) is 5.45. The summed E-state index contributed by atoms with van der Waals surface area (Å²) in [5.41, 5.74) is 5.77. The summed E-state index contributed by atoms with van der Waals surface area (Å²) in [5.74, 6) is 0.819. The molecule has 0 bridgehead atoms. The summed E-state index contributed by atoms with van der Waals surface area (Å²) in [7, 11) is 0. The summed E-state index contributed by atoms with van der Waals surface area (Å²) in [4.78, 5) is 4.09. The first-order chi connectivity index (χ1) is 8.69. The Morgan fingerprint density at radius 3 is 2.78 bits per heavy atom. The predicted octanol–water partition coefficient (Wildman–Crippen LogP) is 2.62. The Labute approximate surface area is 108 Å². The number of aromatic nitrogens is 1. The topological polar surface area (TPSA) is 80.7 Å². The second-order valence-corrected chi connectivity index (χ2v) is 3.84. The molecule has 0 aliphatic heterocycles. The lowest BCUT2D eigenvalue weighted by molar-refractivity contribution is 0.318. The molecule has 1 aromatic carbocycles. The fourth-order valence-corrected chi connectivity index (χ4v) is 1.50. The molecule has 0 saturated heterocycles. The highest BCUT2D eigenvalue weighted by Crippen LogP contribution is 2.22. The van der Waals surface area contributed by atoms with E-state index in [0.717, 1.165) is 0 Å². The maximum atomic E-state index is 8.57. The van der Waals surface area contributed by atoms with Crippen molar-refractivity contribution in [3.63, 3.8) is 0 Å². The molecule has 0 fully saturated rings. The second kappa shape index (κ2) is 5.37. The molecule has 0 aliphatic rings. The van der Waals surface area contributed by atoms with Crippen molar-refractivity contribution in [1.82, 2.24) is 4.98 Å². The molecule has 0 aliphatic carbocycles. The van der Waals surface area contributed by atoms with Gasteiger partial charge >= 0.3 is 0 Å². The van der Waals surface area contributed by atoms with Gasteiger partial charge in [0.15, 0.2) is 5.84 Å². The molecule has 0 unspecified atom stereocenters. The van der Waals surface area contributed by atoms with Gasteiger partial charge in [-0.05, 0) is 24.3 Å². The van der Waals surface area contributed by atoms with Crippen LogP contribution in [0.5, 0.6) is 11.6 Å². The Hall–Kier alpha value is -2.27. The quantitative estimate of drug-likeness (QED) is 0.386. The summed E-state index contributed by atoms with van der Waals surface area (Å²) in [6, 6.07) is 11.9. The Morgan fingerprint density at radius 1 is 1.28 bits per heavy atom. The number of ether oxygens (including phenoxy) is 1. The van der Waals surface area contributed by atoms with Crippen LogP contribution in [0.2, 0.25) is 5.02 Å². The van der Waals surface area contributed by atoms with E-state index >= 15 is 0 Å². The van der Waals surface area contributed by atoms with Crippen LogP contribution in [-0.4, -0.2) is 16.0 Å². The van der Waals surface area contributed by atoms with Gasteiger partial charge in [-0.25, -0.2) is 4.98 Å². The third-order valence-electron chi connectivity index (χ3n) is 2.11. The molecule has 0 radical (unpaired) electrons. The Bertz CT molecular complexity index is 587. The van der Waals surface area contributed by atoms with E-state index in [4.69, 9.17) is 27.3 Å². The molecule has 0 amide bonds. The molecule has 3 N–H and O–H groups in total. The summed E-state index contributed by atoms with van der Waals surface area (Å²) in [6.45, 7) is 0. The van der Waals surface area contributed by atoms with Gasteiger partial charge in [-0.15, -0.1) is 0 Å². The number of hydrogen-bond acceptors (Lipinski definition) is 4. The molecule has 1 aromatic heterocycles. The molecular weight excluding hydrogens is 254 g/mol. The number of benzene rings is 1. The van der Waals surface area contributed by atoms with Gasteiger partial charge in [-0.3, -0.25) is 0 Å². The van der Waals surface area contributed by atoms with Crippen LogP contribution in [0.4, 0.5) is 0 Å². The maximum absolute atomic E-state index is 8.57. The fourth-order valence-electron chi connectivity index (χ4n) is 1.32. The minimum Gasteiger partial charge on any atom is -0.439 e. The second-order valence-electron chi connectivity index (χ2n) is 3.41. The van der Waals surface area contributed by atoms with Crippen LogP contribution in [0.25, 0.3) is 0 Å². The van der Waals surface area contributed by atoms with Crippen LogP contribution in [0.3, 0.4) is 0 Å². The third-order valence-corrected chi connectivity index (χ3v) is 2.35. The van der Waals surface area contributed by atoms with Gasteiger partial charge < -0.3 is 15.7 Å². The molecule has 2 aromatic rings. The van der Waals surface area contributed by atoms with Crippen molar-refractivity contribution in [2.24, 2.45) is 10.9 Å². The number of nitrogens with two attached hydrogens (primary N) is 1. The predicted molar refractivity (Wildman–Crippen MR) is 68.3 cm³/mol. The van der Waals surface area contributed by atoms with E-state index in [1.165, 1.54) is 0 Å². The van der Waals surface area contributed by atoms with E-state index in [2.05, 4.69) is 10.1 Å². The Kier molecular flexibility index (Phi) is 3.64. The van der Waals surface area contributed by atoms with E-state index < -0.39 is 0 Å². The zero-order valence-electron chi connectivity index (χ0n) is 9.25. The van der Waals surface area contributed by atoms with E-state index in [0.29, 0.717) is 22.3 Å². The van der Waals surface area contributed by atoms with Crippen LogP contribution >= 0.6 is 11.6 Å². The number of nitrogens with zero attached hydrogens (tertiary/aromatic N) is 2. The molecule has 1 heterocycles. The number of amidine groups is 1. The van der Waals surface area contributed by atoms with Gasteiger partial charge in [-0.1, -0.05) is 28.9 Å². The highest BCUT2D eigenvalue weighted by molar-refractivity contribution is 6.30. The van der Waals surface area contributed by atoms with E-state index in [1.54, 1.807) is 42.5 Å². The normalized spacial score (nSPS) is 11.3. The lowest BCUT2D eigenvalue weighted by atomic mass is 10.3. The van der Waals surface area contributed by atoms with Crippen molar-refractivity contribution in [3.05, 3.63) is 53.2 Å². The van der Waals surface area contributed by atoms with Crippen molar-refractivity contribution in [1.29, 1.82) is 0 Å². The number of halogens is 1. The molecule has 6 heteroatoms. The third kappa shape index (κ3) is 2.89. The molecule has 5 nitrogen and oxygen atoms in total. The van der Waals surface area contributed by atoms with Crippen LogP contribution in [0, 0.1) is 0 Å². The van der Waals surface area contributed by atoms with Gasteiger partial charge in [-0.2, -0.15) is 0 Å². The van der Waals surface area contributed by atoms with Gasteiger partial charge in [0.1, 0.15) is 11.4 Å². The van der Waals surface area contributed by atoms with E-state index in [-0.39, 0.29) is 5.84 Å².